The standard InChI is InChI=1S/C19H19Cl2NO3S/c1-13-2-4-14(5-3-13)19(23)22(17-8-9-26(24,25)12-17)11-15-6-7-16(20)10-18(15)21/h2-7,10,17H,8-9,11-12H2,1H3/t17-/m0/s1. The number of sulfone groups is 1. The summed E-state index contributed by atoms with van der Waals surface area (Å²) in [5.74, 6) is -0.113. The van der Waals surface area contributed by atoms with Gasteiger partial charge >= 0.3 is 0 Å². The molecular formula is C19H19Cl2NO3S. The van der Waals surface area contributed by atoms with Crippen LogP contribution in [0, 0.1) is 6.92 Å². The van der Waals surface area contributed by atoms with E-state index in [1.165, 1.54) is 0 Å². The van der Waals surface area contributed by atoms with E-state index in [0.717, 1.165) is 11.1 Å². The van der Waals surface area contributed by atoms with Crippen molar-refractivity contribution in [2.45, 2.75) is 25.9 Å². The molecule has 0 spiro atoms. The first-order valence-corrected chi connectivity index (χ1v) is 10.8. The van der Waals surface area contributed by atoms with E-state index < -0.39 is 9.84 Å². The molecular weight excluding hydrogens is 393 g/mol. The van der Waals surface area contributed by atoms with Crippen molar-refractivity contribution >= 4 is 38.9 Å². The van der Waals surface area contributed by atoms with E-state index in [-0.39, 0.29) is 30.0 Å². The maximum atomic E-state index is 13.1. The van der Waals surface area contributed by atoms with Crippen molar-refractivity contribution in [3.63, 3.8) is 0 Å². The Bertz CT molecular complexity index is 926. The van der Waals surface area contributed by atoms with E-state index >= 15 is 0 Å². The summed E-state index contributed by atoms with van der Waals surface area (Å²) >= 11 is 12.2. The maximum absolute atomic E-state index is 13.1. The summed E-state index contributed by atoms with van der Waals surface area (Å²) in [6.45, 7) is 2.19. The van der Waals surface area contributed by atoms with Gasteiger partial charge in [-0.05, 0) is 43.2 Å². The van der Waals surface area contributed by atoms with E-state index in [0.29, 0.717) is 22.0 Å². The Morgan fingerprint density at radius 1 is 1.15 bits per heavy atom. The van der Waals surface area contributed by atoms with Crippen LogP contribution in [-0.4, -0.2) is 36.8 Å². The molecule has 26 heavy (non-hydrogen) atoms. The third-order valence-corrected chi connectivity index (χ3v) is 6.90. The van der Waals surface area contributed by atoms with Crippen LogP contribution in [0.4, 0.5) is 0 Å². The molecule has 2 aromatic rings. The summed E-state index contributed by atoms with van der Waals surface area (Å²) in [4.78, 5) is 14.7. The molecule has 0 saturated carbocycles. The summed E-state index contributed by atoms with van der Waals surface area (Å²) in [5, 5.41) is 0.971. The van der Waals surface area contributed by atoms with Crippen LogP contribution in [0.5, 0.6) is 0 Å². The van der Waals surface area contributed by atoms with Gasteiger partial charge in [-0.1, -0.05) is 47.0 Å². The van der Waals surface area contributed by atoms with Crippen molar-refractivity contribution < 1.29 is 13.2 Å². The van der Waals surface area contributed by atoms with Crippen LogP contribution in [0.15, 0.2) is 42.5 Å². The van der Waals surface area contributed by atoms with Crippen LogP contribution in [0.25, 0.3) is 0 Å². The fourth-order valence-electron chi connectivity index (χ4n) is 3.08. The van der Waals surface area contributed by atoms with E-state index in [4.69, 9.17) is 23.2 Å². The van der Waals surface area contributed by atoms with Gasteiger partial charge in [-0.15, -0.1) is 0 Å². The molecule has 1 saturated heterocycles. The highest BCUT2D eigenvalue weighted by Gasteiger charge is 2.35. The average molecular weight is 412 g/mol. The smallest absolute Gasteiger partial charge is 0.254 e. The van der Waals surface area contributed by atoms with Gasteiger partial charge in [-0.2, -0.15) is 0 Å². The molecule has 0 aliphatic carbocycles. The maximum Gasteiger partial charge on any atom is 0.254 e. The normalized spacial score (nSPS) is 18.7. The first-order chi connectivity index (χ1) is 12.2. The lowest BCUT2D eigenvalue weighted by molar-refractivity contribution is 0.0681. The minimum absolute atomic E-state index is 0.0180. The average Bonchev–Trinajstić information content (AvgIpc) is 2.94. The van der Waals surface area contributed by atoms with Gasteiger partial charge in [0.1, 0.15) is 0 Å². The summed E-state index contributed by atoms with van der Waals surface area (Å²) in [6, 6.07) is 12.0. The lowest BCUT2D eigenvalue weighted by atomic mass is 10.1. The Morgan fingerprint density at radius 2 is 1.85 bits per heavy atom. The zero-order valence-corrected chi connectivity index (χ0v) is 16.6. The lowest BCUT2D eigenvalue weighted by Gasteiger charge is -2.29. The van der Waals surface area contributed by atoms with Gasteiger partial charge in [-0.3, -0.25) is 4.79 Å². The number of amides is 1. The summed E-state index contributed by atoms with van der Waals surface area (Å²) in [5.41, 5.74) is 2.32. The number of halogens is 2. The monoisotopic (exact) mass is 411 g/mol. The highest BCUT2D eigenvalue weighted by atomic mass is 35.5. The van der Waals surface area contributed by atoms with Crippen LogP contribution < -0.4 is 0 Å². The number of rotatable bonds is 4. The molecule has 0 N–H and O–H groups in total. The summed E-state index contributed by atoms with van der Waals surface area (Å²) < 4.78 is 23.9. The van der Waals surface area contributed by atoms with Gasteiger partial charge in [0.05, 0.1) is 11.5 Å². The summed E-state index contributed by atoms with van der Waals surface area (Å²) in [7, 11) is -3.12. The molecule has 7 heteroatoms. The molecule has 0 unspecified atom stereocenters. The fraction of sp³-hybridized carbons (Fsp3) is 0.316. The van der Waals surface area contributed by atoms with Crippen LogP contribution in [0.2, 0.25) is 10.0 Å². The zero-order chi connectivity index (χ0) is 18.9. The van der Waals surface area contributed by atoms with Crippen LogP contribution >= 0.6 is 23.2 Å². The molecule has 1 aliphatic rings. The molecule has 0 aromatic heterocycles. The fourth-order valence-corrected chi connectivity index (χ4v) is 5.28. The second-order valence-electron chi connectivity index (χ2n) is 6.59. The number of benzene rings is 2. The predicted octanol–water partition coefficient (Wildman–Crippen LogP) is 4.13. The molecule has 2 aromatic carbocycles. The molecule has 1 amide bonds. The van der Waals surface area contributed by atoms with E-state index in [1.807, 2.05) is 19.1 Å². The van der Waals surface area contributed by atoms with E-state index in [9.17, 15) is 13.2 Å². The first-order valence-electron chi connectivity index (χ1n) is 8.27. The number of carbonyl (C=O) groups is 1. The van der Waals surface area contributed by atoms with Crippen molar-refractivity contribution in [1.82, 2.24) is 4.90 Å². The molecule has 1 heterocycles. The van der Waals surface area contributed by atoms with Crippen molar-refractivity contribution in [2.24, 2.45) is 0 Å². The van der Waals surface area contributed by atoms with Gasteiger partial charge < -0.3 is 4.90 Å². The number of hydrogen-bond donors (Lipinski definition) is 0. The molecule has 138 valence electrons. The minimum atomic E-state index is -3.12. The second kappa shape index (κ2) is 7.59. The number of hydrogen-bond acceptors (Lipinski definition) is 3. The van der Waals surface area contributed by atoms with Crippen LogP contribution in [-0.2, 0) is 16.4 Å². The van der Waals surface area contributed by atoms with Crippen molar-refractivity contribution in [3.05, 3.63) is 69.2 Å². The van der Waals surface area contributed by atoms with Crippen LogP contribution in [0.3, 0.4) is 0 Å². The predicted molar refractivity (Wildman–Crippen MR) is 105 cm³/mol. The Labute approximate surface area is 163 Å². The third-order valence-electron chi connectivity index (χ3n) is 4.56. The second-order valence-corrected chi connectivity index (χ2v) is 9.66. The molecule has 0 bridgehead atoms. The van der Waals surface area contributed by atoms with Gasteiger partial charge in [0, 0.05) is 28.2 Å². The molecule has 4 nitrogen and oxygen atoms in total. The van der Waals surface area contributed by atoms with Crippen LogP contribution in [0.1, 0.15) is 27.9 Å². The molecule has 3 rings (SSSR count). The Kier molecular flexibility index (Phi) is 5.61. The lowest BCUT2D eigenvalue weighted by Crippen LogP contribution is -2.40. The van der Waals surface area contributed by atoms with Crippen molar-refractivity contribution in [1.29, 1.82) is 0 Å². The van der Waals surface area contributed by atoms with Gasteiger partial charge in [0.2, 0.25) is 0 Å². The summed E-state index contributed by atoms with van der Waals surface area (Å²) in [6.07, 6.45) is 0.436. The highest BCUT2D eigenvalue weighted by Crippen LogP contribution is 2.27. The first kappa shape index (κ1) is 19.2. The van der Waals surface area contributed by atoms with Gasteiger partial charge in [0.15, 0.2) is 9.84 Å². The van der Waals surface area contributed by atoms with Gasteiger partial charge in [0.25, 0.3) is 5.91 Å². The zero-order valence-electron chi connectivity index (χ0n) is 14.3. The minimum Gasteiger partial charge on any atom is -0.330 e. The Hall–Kier alpha value is -1.56. The topological polar surface area (TPSA) is 54.5 Å². The third kappa shape index (κ3) is 4.40. The Balaban J connectivity index is 1.93. The number of aryl methyl sites for hydroxylation is 1. The van der Waals surface area contributed by atoms with Crippen molar-refractivity contribution in [2.75, 3.05) is 11.5 Å². The SMILES string of the molecule is Cc1ccc(C(=O)N(Cc2ccc(Cl)cc2Cl)[C@H]2CCS(=O)(=O)C2)cc1. The highest BCUT2D eigenvalue weighted by molar-refractivity contribution is 7.91. The van der Waals surface area contributed by atoms with Gasteiger partial charge in [-0.25, -0.2) is 8.42 Å². The molecule has 1 aliphatic heterocycles. The van der Waals surface area contributed by atoms with Crippen molar-refractivity contribution in [3.8, 4) is 0 Å². The number of nitrogens with zero attached hydrogens (tertiary/aromatic N) is 1. The Morgan fingerprint density at radius 3 is 2.42 bits per heavy atom. The largest absolute Gasteiger partial charge is 0.330 e. The quantitative estimate of drug-likeness (QED) is 0.759. The molecule has 0 radical (unpaired) electrons. The molecule has 1 atom stereocenters. The number of carbonyl (C=O) groups excluding carboxylic acids is 1. The van der Waals surface area contributed by atoms with E-state index in [1.54, 1.807) is 35.2 Å². The van der Waals surface area contributed by atoms with E-state index in [2.05, 4.69) is 0 Å². The molecule has 1 fully saturated rings.